The maximum absolute atomic E-state index is 12.7. The van der Waals surface area contributed by atoms with Crippen molar-refractivity contribution in [1.82, 2.24) is 24.8 Å². The molecule has 7 heteroatoms. The molecule has 3 aromatic rings. The third kappa shape index (κ3) is 2.96. The molecule has 0 saturated carbocycles. The summed E-state index contributed by atoms with van der Waals surface area (Å²) in [4.78, 5) is 12.7. The number of aromatic nitrogens is 5. The Morgan fingerprint density at radius 1 is 1.19 bits per heavy atom. The van der Waals surface area contributed by atoms with E-state index in [1.807, 2.05) is 13.0 Å². The van der Waals surface area contributed by atoms with E-state index in [1.54, 1.807) is 11.7 Å². The van der Waals surface area contributed by atoms with Crippen LogP contribution in [-0.4, -0.2) is 36.3 Å². The summed E-state index contributed by atoms with van der Waals surface area (Å²) in [6.07, 6.45) is 3.56. The van der Waals surface area contributed by atoms with Gasteiger partial charge in [-0.15, -0.1) is 5.10 Å². The Kier molecular flexibility index (Phi) is 4.40. The first-order chi connectivity index (χ1) is 12.5. The number of thioether (sulfide) groups is 1. The summed E-state index contributed by atoms with van der Waals surface area (Å²) in [6, 6.07) is 8.66. The highest BCUT2D eigenvalue weighted by atomic mass is 32.2. The lowest BCUT2D eigenvalue weighted by atomic mass is 10.1. The van der Waals surface area contributed by atoms with Gasteiger partial charge in [0, 0.05) is 29.7 Å². The summed E-state index contributed by atoms with van der Waals surface area (Å²) in [5, 5.41) is 12.0. The van der Waals surface area contributed by atoms with Crippen molar-refractivity contribution in [2.75, 3.05) is 5.75 Å². The van der Waals surface area contributed by atoms with E-state index in [1.165, 1.54) is 35.7 Å². The van der Waals surface area contributed by atoms with E-state index in [0.29, 0.717) is 10.9 Å². The highest BCUT2D eigenvalue weighted by Gasteiger charge is 2.19. The fraction of sp³-hybridized carbons (Fsp3) is 0.368. The molecule has 0 bridgehead atoms. The molecule has 4 rings (SSSR count). The number of hydrogen-bond donors (Lipinski definition) is 0. The number of nitrogens with zero attached hydrogens (tertiary/aromatic N) is 5. The Balaban J connectivity index is 1.60. The topological polar surface area (TPSA) is 65.6 Å². The maximum Gasteiger partial charge on any atom is 0.209 e. The zero-order chi connectivity index (χ0) is 18.3. The first kappa shape index (κ1) is 17.0. The maximum atomic E-state index is 12.7. The van der Waals surface area contributed by atoms with E-state index in [2.05, 4.69) is 45.2 Å². The van der Waals surface area contributed by atoms with Crippen molar-refractivity contribution in [1.29, 1.82) is 0 Å². The number of tetrazole rings is 1. The molecule has 1 aliphatic carbocycles. The average Bonchev–Trinajstić information content (AvgIpc) is 3.31. The Morgan fingerprint density at radius 2 is 2.00 bits per heavy atom. The highest BCUT2D eigenvalue weighted by molar-refractivity contribution is 7.99. The van der Waals surface area contributed by atoms with Gasteiger partial charge < -0.3 is 4.57 Å². The van der Waals surface area contributed by atoms with Gasteiger partial charge in [0.05, 0.1) is 5.75 Å². The second-order valence-corrected chi connectivity index (χ2v) is 7.67. The predicted molar refractivity (Wildman–Crippen MR) is 101 cm³/mol. The number of carbonyl (C=O) groups excluding carboxylic acids is 1. The normalized spacial score (nSPS) is 13.2. The summed E-state index contributed by atoms with van der Waals surface area (Å²) in [7, 11) is 1.77. The van der Waals surface area contributed by atoms with Crippen LogP contribution in [-0.2, 0) is 19.9 Å². The molecule has 26 heavy (non-hydrogen) atoms. The zero-order valence-corrected chi connectivity index (χ0v) is 16.0. The summed E-state index contributed by atoms with van der Waals surface area (Å²) < 4.78 is 3.76. The molecule has 0 radical (unpaired) electrons. The number of aryl methyl sites for hydroxylation is 4. The van der Waals surface area contributed by atoms with Gasteiger partial charge in [0.1, 0.15) is 0 Å². The van der Waals surface area contributed by atoms with Crippen molar-refractivity contribution in [2.24, 2.45) is 7.05 Å². The molecule has 2 heterocycles. The largest absolute Gasteiger partial charge is 0.318 e. The van der Waals surface area contributed by atoms with Gasteiger partial charge in [-0.1, -0.05) is 17.8 Å². The highest BCUT2D eigenvalue weighted by Crippen LogP contribution is 2.28. The SMILES string of the molecule is Cc1cc(C(=O)CSc2nnnn2C)c(C)n1-c1ccc2c(c1)CCC2. The van der Waals surface area contributed by atoms with Crippen LogP contribution in [0.5, 0.6) is 0 Å². The van der Waals surface area contributed by atoms with Crippen molar-refractivity contribution in [3.63, 3.8) is 0 Å². The number of rotatable bonds is 5. The van der Waals surface area contributed by atoms with Crippen LogP contribution in [0.2, 0.25) is 0 Å². The van der Waals surface area contributed by atoms with Crippen molar-refractivity contribution in [3.05, 3.63) is 52.3 Å². The molecule has 1 aliphatic rings. The monoisotopic (exact) mass is 367 g/mol. The van der Waals surface area contributed by atoms with Crippen molar-refractivity contribution >= 4 is 17.5 Å². The van der Waals surface area contributed by atoms with E-state index in [9.17, 15) is 4.79 Å². The van der Waals surface area contributed by atoms with Crippen LogP contribution in [0, 0.1) is 13.8 Å². The molecule has 0 atom stereocenters. The summed E-state index contributed by atoms with van der Waals surface area (Å²) >= 11 is 1.36. The number of Topliss-reactive ketones (excluding diaryl/α,β-unsaturated/α-hetero) is 1. The van der Waals surface area contributed by atoms with Gasteiger partial charge in [0.15, 0.2) is 5.78 Å². The third-order valence-corrected chi connectivity index (χ3v) is 6.00. The number of benzene rings is 1. The third-order valence-electron chi connectivity index (χ3n) is 4.99. The van der Waals surface area contributed by atoms with E-state index in [0.717, 1.165) is 29.1 Å². The standard InChI is InChI=1S/C19H21N5OS/c1-12-9-17(18(25)11-26-19-20-21-22-23(19)3)13(2)24(12)16-8-7-14-5-4-6-15(14)10-16/h7-10H,4-6,11H2,1-3H3. The quantitative estimate of drug-likeness (QED) is 0.512. The molecule has 0 aliphatic heterocycles. The second kappa shape index (κ2) is 6.72. The van der Waals surface area contributed by atoms with Gasteiger partial charge in [0.25, 0.3) is 0 Å². The molecule has 0 fully saturated rings. The number of fused-ring (bicyclic) bond motifs is 1. The van der Waals surface area contributed by atoms with Crippen molar-refractivity contribution < 1.29 is 4.79 Å². The van der Waals surface area contributed by atoms with E-state index < -0.39 is 0 Å². The lowest BCUT2D eigenvalue weighted by Gasteiger charge is -2.12. The molecule has 2 aromatic heterocycles. The van der Waals surface area contributed by atoms with Crippen LogP contribution in [0.25, 0.3) is 5.69 Å². The molecular weight excluding hydrogens is 346 g/mol. The van der Waals surface area contributed by atoms with Crippen LogP contribution in [0.4, 0.5) is 0 Å². The minimum absolute atomic E-state index is 0.0958. The minimum atomic E-state index is 0.0958. The molecular formula is C19H21N5OS. The molecule has 134 valence electrons. The Labute approximate surface area is 156 Å². The van der Waals surface area contributed by atoms with Crippen LogP contribution < -0.4 is 0 Å². The number of ketones is 1. The van der Waals surface area contributed by atoms with Crippen LogP contribution in [0.15, 0.2) is 29.4 Å². The Hall–Kier alpha value is -2.41. The Bertz CT molecular complexity index is 988. The number of hydrogen-bond acceptors (Lipinski definition) is 5. The van der Waals surface area contributed by atoms with Gasteiger partial charge in [0.2, 0.25) is 5.16 Å². The van der Waals surface area contributed by atoms with E-state index in [4.69, 9.17) is 0 Å². The fourth-order valence-electron chi connectivity index (χ4n) is 3.69. The molecule has 0 saturated heterocycles. The van der Waals surface area contributed by atoms with Gasteiger partial charge in [-0.2, -0.15) is 0 Å². The minimum Gasteiger partial charge on any atom is -0.318 e. The molecule has 6 nitrogen and oxygen atoms in total. The summed E-state index contributed by atoms with van der Waals surface area (Å²) in [6.45, 7) is 4.07. The van der Waals surface area contributed by atoms with Crippen LogP contribution >= 0.6 is 11.8 Å². The molecule has 0 unspecified atom stereocenters. The molecule has 0 amide bonds. The fourth-order valence-corrected chi connectivity index (χ4v) is 4.42. The first-order valence-corrected chi connectivity index (χ1v) is 9.72. The van der Waals surface area contributed by atoms with Gasteiger partial charge >= 0.3 is 0 Å². The summed E-state index contributed by atoms with van der Waals surface area (Å²) in [5.41, 5.74) is 6.88. The first-order valence-electron chi connectivity index (χ1n) is 8.74. The lowest BCUT2D eigenvalue weighted by molar-refractivity contribution is 0.102. The second-order valence-electron chi connectivity index (χ2n) is 6.72. The Morgan fingerprint density at radius 3 is 2.77 bits per heavy atom. The van der Waals surface area contributed by atoms with Crippen molar-refractivity contribution in [2.45, 2.75) is 38.3 Å². The molecule has 0 spiro atoms. The van der Waals surface area contributed by atoms with Crippen molar-refractivity contribution in [3.8, 4) is 5.69 Å². The molecule has 0 N–H and O–H groups in total. The van der Waals surface area contributed by atoms with Crippen LogP contribution in [0.1, 0.15) is 39.3 Å². The zero-order valence-electron chi connectivity index (χ0n) is 15.2. The number of carbonyl (C=O) groups is 1. The lowest BCUT2D eigenvalue weighted by Crippen LogP contribution is -2.06. The van der Waals surface area contributed by atoms with Crippen LogP contribution in [0.3, 0.4) is 0 Å². The van der Waals surface area contributed by atoms with Gasteiger partial charge in [-0.25, -0.2) is 4.68 Å². The smallest absolute Gasteiger partial charge is 0.209 e. The average molecular weight is 367 g/mol. The summed E-state index contributed by atoms with van der Waals surface area (Å²) in [5.74, 6) is 0.418. The van der Waals surface area contributed by atoms with Gasteiger partial charge in [-0.3, -0.25) is 4.79 Å². The molecule has 1 aromatic carbocycles. The van der Waals surface area contributed by atoms with E-state index >= 15 is 0 Å². The van der Waals surface area contributed by atoms with Gasteiger partial charge in [-0.05, 0) is 72.9 Å². The van der Waals surface area contributed by atoms with E-state index in [-0.39, 0.29) is 5.78 Å². The predicted octanol–water partition coefficient (Wildman–Crippen LogP) is 3.08.